The standard InChI is InChI=1S/C14H19N3O2S/c1-15-10-13(18)16-12-4-2-3-11(9-12)14(19)17-5-7-20-8-6-17/h2-4,9,15H,5-8,10H2,1H3,(H,16,18). The van der Waals surface area contributed by atoms with Crippen molar-refractivity contribution < 1.29 is 9.59 Å². The number of nitrogens with zero attached hydrogens (tertiary/aromatic N) is 1. The third-order valence-corrected chi connectivity index (χ3v) is 3.97. The Bertz CT molecular complexity index is 487. The molecule has 2 amide bonds. The average Bonchev–Trinajstić information content (AvgIpc) is 2.48. The summed E-state index contributed by atoms with van der Waals surface area (Å²) < 4.78 is 0. The molecule has 1 aromatic carbocycles. The number of carbonyl (C=O) groups is 2. The van der Waals surface area contributed by atoms with Crippen LogP contribution in [0.3, 0.4) is 0 Å². The van der Waals surface area contributed by atoms with Crippen molar-refractivity contribution in [2.24, 2.45) is 0 Å². The van der Waals surface area contributed by atoms with E-state index in [1.54, 1.807) is 31.3 Å². The van der Waals surface area contributed by atoms with Gasteiger partial charge < -0.3 is 15.5 Å². The lowest BCUT2D eigenvalue weighted by atomic mass is 10.1. The first-order valence-electron chi connectivity index (χ1n) is 6.62. The van der Waals surface area contributed by atoms with Crippen LogP contribution < -0.4 is 10.6 Å². The largest absolute Gasteiger partial charge is 0.337 e. The zero-order chi connectivity index (χ0) is 14.4. The number of rotatable bonds is 4. The lowest BCUT2D eigenvalue weighted by molar-refractivity contribution is -0.115. The van der Waals surface area contributed by atoms with Crippen molar-refractivity contribution in [3.8, 4) is 0 Å². The smallest absolute Gasteiger partial charge is 0.253 e. The molecule has 1 aromatic rings. The van der Waals surface area contributed by atoms with Gasteiger partial charge >= 0.3 is 0 Å². The SMILES string of the molecule is CNCC(=O)Nc1cccc(C(=O)N2CCSCC2)c1. The topological polar surface area (TPSA) is 61.4 Å². The van der Waals surface area contributed by atoms with E-state index >= 15 is 0 Å². The van der Waals surface area contributed by atoms with Gasteiger partial charge in [-0.3, -0.25) is 9.59 Å². The van der Waals surface area contributed by atoms with E-state index in [4.69, 9.17) is 0 Å². The molecular formula is C14H19N3O2S. The zero-order valence-corrected chi connectivity index (χ0v) is 12.3. The van der Waals surface area contributed by atoms with E-state index in [9.17, 15) is 9.59 Å². The maximum absolute atomic E-state index is 12.4. The lowest BCUT2D eigenvalue weighted by Crippen LogP contribution is -2.37. The molecule has 0 radical (unpaired) electrons. The van der Waals surface area contributed by atoms with Crippen molar-refractivity contribution in [2.75, 3.05) is 43.5 Å². The van der Waals surface area contributed by atoms with Crippen LogP contribution in [0, 0.1) is 0 Å². The molecule has 1 heterocycles. The average molecular weight is 293 g/mol. The van der Waals surface area contributed by atoms with E-state index in [-0.39, 0.29) is 18.4 Å². The van der Waals surface area contributed by atoms with Gasteiger partial charge in [-0.15, -0.1) is 0 Å². The molecule has 6 heteroatoms. The van der Waals surface area contributed by atoms with Crippen LogP contribution in [0.2, 0.25) is 0 Å². The Balaban J connectivity index is 2.04. The van der Waals surface area contributed by atoms with Gasteiger partial charge in [0, 0.05) is 35.8 Å². The van der Waals surface area contributed by atoms with Crippen LogP contribution in [-0.2, 0) is 4.79 Å². The second-order valence-corrected chi connectivity index (χ2v) is 5.79. The number of likely N-dealkylation sites (N-methyl/N-ethyl adjacent to an activating group) is 1. The predicted octanol–water partition coefficient (Wildman–Crippen LogP) is 1.03. The van der Waals surface area contributed by atoms with E-state index in [2.05, 4.69) is 10.6 Å². The van der Waals surface area contributed by atoms with Crippen molar-refractivity contribution in [2.45, 2.75) is 0 Å². The molecule has 0 spiro atoms. The summed E-state index contributed by atoms with van der Waals surface area (Å²) in [5.41, 5.74) is 1.28. The van der Waals surface area contributed by atoms with Crippen molar-refractivity contribution in [3.63, 3.8) is 0 Å². The van der Waals surface area contributed by atoms with Crippen molar-refractivity contribution >= 4 is 29.3 Å². The van der Waals surface area contributed by atoms with E-state index < -0.39 is 0 Å². The first-order valence-corrected chi connectivity index (χ1v) is 7.77. The Morgan fingerprint density at radius 1 is 1.30 bits per heavy atom. The molecule has 0 saturated carbocycles. The highest BCUT2D eigenvalue weighted by atomic mass is 32.2. The lowest BCUT2D eigenvalue weighted by Gasteiger charge is -2.26. The van der Waals surface area contributed by atoms with Crippen LogP contribution in [-0.4, -0.2) is 54.9 Å². The first kappa shape index (κ1) is 14.9. The number of nitrogens with one attached hydrogen (secondary N) is 2. The molecule has 1 aliphatic rings. The Hall–Kier alpha value is -1.53. The predicted molar refractivity (Wildman–Crippen MR) is 82.2 cm³/mol. The summed E-state index contributed by atoms with van der Waals surface area (Å²) >= 11 is 1.87. The molecule has 2 N–H and O–H groups in total. The molecule has 5 nitrogen and oxygen atoms in total. The fourth-order valence-electron chi connectivity index (χ4n) is 2.04. The minimum Gasteiger partial charge on any atom is -0.337 e. The Morgan fingerprint density at radius 3 is 2.75 bits per heavy atom. The van der Waals surface area contributed by atoms with Gasteiger partial charge in [0.25, 0.3) is 5.91 Å². The molecule has 0 atom stereocenters. The van der Waals surface area contributed by atoms with Crippen LogP contribution in [0.5, 0.6) is 0 Å². The van der Waals surface area contributed by atoms with Crippen molar-refractivity contribution in [1.29, 1.82) is 0 Å². The van der Waals surface area contributed by atoms with Crippen LogP contribution in [0.25, 0.3) is 0 Å². The Labute approximate surface area is 123 Å². The summed E-state index contributed by atoms with van der Waals surface area (Å²) in [6.07, 6.45) is 0. The van der Waals surface area contributed by atoms with Crippen molar-refractivity contribution in [3.05, 3.63) is 29.8 Å². The number of hydrogen-bond donors (Lipinski definition) is 2. The van der Waals surface area contributed by atoms with Crippen LogP contribution >= 0.6 is 11.8 Å². The van der Waals surface area contributed by atoms with Gasteiger partial charge in [0.05, 0.1) is 6.54 Å². The van der Waals surface area contributed by atoms with Gasteiger partial charge in [-0.25, -0.2) is 0 Å². The molecule has 0 aliphatic carbocycles. The number of benzene rings is 1. The first-order chi connectivity index (χ1) is 9.70. The van der Waals surface area contributed by atoms with E-state index in [1.807, 2.05) is 16.7 Å². The third-order valence-electron chi connectivity index (χ3n) is 3.03. The number of hydrogen-bond acceptors (Lipinski definition) is 4. The molecule has 0 bridgehead atoms. The Kier molecular flexibility index (Phi) is 5.43. The highest BCUT2D eigenvalue weighted by Gasteiger charge is 2.18. The van der Waals surface area contributed by atoms with E-state index in [0.717, 1.165) is 24.6 Å². The number of thioether (sulfide) groups is 1. The van der Waals surface area contributed by atoms with Gasteiger partial charge in [-0.1, -0.05) is 6.07 Å². The summed E-state index contributed by atoms with van der Waals surface area (Å²) in [6, 6.07) is 7.10. The second kappa shape index (κ2) is 7.31. The van der Waals surface area contributed by atoms with Crippen LogP contribution in [0.1, 0.15) is 10.4 Å². The molecule has 0 unspecified atom stereocenters. The van der Waals surface area contributed by atoms with Gasteiger partial charge in [0.15, 0.2) is 0 Å². The molecule has 20 heavy (non-hydrogen) atoms. The third kappa shape index (κ3) is 3.98. The molecule has 108 valence electrons. The maximum atomic E-state index is 12.4. The maximum Gasteiger partial charge on any atom is 0.253 e. The number of anilines is 1. The zero-order valence-electron chi connectivity index (χ0n) is 11.5. The van der Waals surface area contributed by atoms with Gasteiger partial charge in [0.2, 0.25) is 5.91 Å². The fourth-order valence-corrected chi connectivity index (χ4v) is 2.95. The molecule has 1 aliphatic heterocycles. The number of amides is 2. The van der Waals surface area contributed by atoms with Crippen LogP contribution in [0.15, 0.2) is 24.3 Å². The van der Waals surface area contributed by atoms with E-state index in [1.165, 1.54) is 0 Å². The summed E-state index contributed by atoms with van der Waals surface area (Å²) in [5, 5.41) is 5.55. The minimum absolute atomic E-state index is 0.0371. The van der Waals surface area contributed by atoms with Crippen LogP contribution in [0.4, 0.5) is 5.69 Å². The monoisotopic (exact) mass is 293 g/mol. The molecular weight excluding hydrogens is 274 g/mol. The van der Waals surface area contributed by atoms with Gasteiger partial charge in [-0.05, 0) is 25.2 Å². The van der Waals surface area contributed by atoms with E-state index in [0.29, 0.717) is 11.3 Å². The summed E-state index contributed by atoms with van der Waals surface area (Å²) in [7, 11) is 1.72. The summed E-state index contributed by atoms with van der Waals surface area (Å²) in [5.74, 6) is 1.90. The Morgan fingerprint density at radius 2 is 2.05 bits per heavy atom. The quantitative estimate of drug-likeness (QED) is 0.870. The highest BCUT2D eigenvalue weighted by molar-refractivity contribution is 7.99. The summed E-state index contributed by atoms with van der Waals surface area (Å²) in [4.78, 5) is 25.7. The molecule has 1 saturated heterocycles. The normalized spacial score (nSPS) is 14.9. The molecule has 2 rings (SSSR count). The highest BCUT2D eigenvalue weighted by Crippen LogP contribution is 2.16. The number of carbonyl (C=O) groups excluding carboxylic acids is 2. The van der Waals surface area contributed by atoms with Gasteiger partial charge in [0.1, 0.15) is 0 Å². The van der Waals surface area contributed by atoms with Crippen molar-refractivity contribution in [1.82, 2.24) is 10.2 Å². The second-order valence-electron chi connectivity index (χ2n) is 4.56. The fraction of sp³-hybridized carbons (Fsp3) is 0.429. The minimum atomic E-state index is -0.119. The van der Waals surface area contributed by atoms with Gasteiger partial charge in [-0.2, -0.15) is 11.8 Å². The molecule has 0 aromatic heterocycles. The molecule has 1 fully saturated rings. The summed E-state index contributed by atoms with van der Waals surface area (Å²) in [6.45, 7) is 1.83.